The standard InChI is InChI=1S/C20H22/c1-6-7-20(18-10-8-14(2)12-16(18)4)19-11-9-15(3)13-17(19)5/h8-13,20H,1-5H3. The molecule has 0 fully saturated rings. The van der Waals surface area contributed by atoms with Crippen molar-refractivity contribution in [1.82, 2.24) is 0 Å². The van der Waals surface area contributed by atoms with E-state index in [0.29, 0.717) is 0 Å². The summed E-state index contributed by atoms with van der Waals surface area (Å²) in [4.78, 5) is 0. The lowest BCUT2D eigenvalue weighted by atomic mass is 9.85. The van der Waals surface area contributed by atoms with E-state index in [2.05, 4.69) is 75.9 Å². The second-order valence-electron chi connectivity index (χ2n) is 5.55. The normalized spacial score (nSPS) is 10.3. The molecule has 2 aromatic carbocycles. The first-order valence-electron chi connectivity index (χ1n) is 7.09. The molecule has 0 atom stereocenters. The largest absolute Gasteiger partial charge is 0.106 e. The molecule has 20 heavy (non-hydrogen) atoms. The summed E-state index contributed by atoms with van der Waals surface area (Å²) in [7, 11) is 0. The Hall–Kier alpha value is -2.00. The molecular formula is C20H22. The summed E-state index contributed by atoms with van der Waals surface area (Å²) >= 11 is 0. The van der Waals surface area contributed by atoms with Crippen molar-refractivity contribution in [3.05, 3.63) is 69.8 Å². The van der Waals surface area contributed by atoms with Gasteiger partial charge in [0.15, 0.2) is 0 Å². The van der Waals surface area contributed by atoms with Crippen LogP contribution in [-0.4, -0.2) is 0 Å². The van der Waals surface area contributed by atoms with Gasteiger partial charge >= 0.3 is 0 Å². The van der Waals surface area contributed by atoms with Crippen molar-refractivity contribution in [1.29, 1.82) is 0 Å². The van der Waals surface area contributed by atoms with Crippen LogP contribution >= 0.6 is 0 Å². The minimum Gasteiger partial charge on any atom is -0.106 e. The minimum atomic E-state index is 0.168. The Balaban J connectivity index is 2.58. The maximum absolute atomic E-state index is 3.39. The Bertz CT molecular complexity index is 629. The molecule has 0 aliphatic carbocycles. The van der Waals surface area contributed by atoms with Crippen molar-refractivity contribution in [3.63, 3.8) is 0 Å². The van der Waals surface area contributed by atoms with Crippen LogP contribution in [0.5, 0.6) is 0 Å². The van der Waals surface area contributed by atoms with Gasteiger partial charge < -0.3 is 0 Å². The molecule has 0 nitrogen and oxygen atoms in total. The quantitative estimate of drug-likeness (QED) is 0.662. The summed E-state index contributed by atoms with van der Waals surface area (Å²) in [6, 6.07) is 13.3. The second-order valence-corrected chi connectivity index (χ2v) is 5.55. The maximum Gasteiger partial charge on any atom is 0.0707 e. The van der Waals surface area contributed by atoms with E-state index in [1.165, 1.54) is 33.4 Å². The van der Waals surface area contributed by atoms with Gasteiger partial charge in [-0.2, -0.15) is 0 Å². The van der Waals surface area contributed by atoms with Crippen LogP contribution in [0.4, 0.5) is 0 Å². The van der Waals surface area contributed by atoms with Crippen LogP contribution in [0.3, 0.4) is 0 Å². The van der Waals surface area contributed by atoms with Gasteiger partial charge in [-0.25, -0.2) is 0 Å². The van der Waals surface area contributed by atoms with Gasteiger partial charge in [0.05, 0.1) is 5.92 Å². The zero-order chi connectivity index (χ0) is 14.7. The van der Waals surface area contributed by atoms with Gasteiger partial charge in [0, 0.05) is 0 Å². The molecule has 2 rings (SSSR count). The van der Waals surface area contributed by atoms with Crippen molar-refractivity contribution in [3.8, 4) is 11.8 Å². The smallest absolute Gasteiger partial charge is 0.0707 e. The maximum atomic E-state index is 3.39. The van der Waals surface area contributed by atoms with Gasteiger partial charge in [0.2, 0.25) is 0 Å². The SMILES string of the molecule is CC#CC(c1ccc(C)cc1C)c1ccc(C)cc1C. The van der Waals surface area contributed by atoms with Crippen LogP contribution in [0.1, 0.15) is 46.2 Å². The third-order valence-corrected chi connectivity index (χ3v) is 3.76. The van der Waals surface area contributed by atoms with Gasteiger partial charge in [-0.3, -0.25) is 0 Å². The Morgan fingerprint density at radius 3 is 1.55 bits per heavy atom. The van der Waals surface area contributed by atoms with Crippen molar-refractivity contribution in [2.45, 2.75) is 40.5 Å². The first kappa shape index (κ1) is 14.4. The molecule has 0 aromatic heterocycles. The molecule has 0 bridgehead atoms. The molecule has 2 aromatic rings. The van der Waals surface area contributed by atoms with Crippen molar-refractivity contribution in [2.24, 2.45) is 0 Å². The highest BCUT2D eigenvalue weighted by Gasteiger charge is 2.15. The lowest BCUT2D eigenvalue weighted by Crippen LogP contribution is -2.03. The molecule has 102 valence electrons. The molecule has 0 heteroatoms. The Morgan fingerprint density at radius 1 is 0.750 bits per heavy atom. The van der Waals surface area contributed by atoms with Crippen LogP contribution in [-0.2, 0) is 0 Å². The lowest BCUT2D eigenvalue weighted by molar-refractivity contribution is 1.02. The van der Waals surface area contributed by atoms with E-state index >= 15 is 0 Å². The Morgan fingerprint density at radius 2 is 1.20 bits per heavy atom. The fourth-order valence-corrected chi connectivity index (χ4v) is 2.77. The van der Waals surface area contributed by atoms with E-state index in [4.69, 9.17) is 0 Å². The van der Waals surface area contributed by atoms with Gasteiger partial charge in [-0.1, -0.05) is 53.4 Å². The third-order valence-electron chi connectivity index (χ3n) is 3.76. The molecule has 0 aliphatic heterocycles. The van der Waals surface area contributed by atoms with Crippen molar-refractivity contribution >= 4 is 0 Å². The highest BCUT2D eigenvalue weighted by Crippen LogP contribution is 2.30. The van der Waals surface area contributed by atoms with Crippen LogP contribution in [0, 0.1) is 39.5 Å². The monoisotopic (exact) mass is 262 g/mol. The summed E-state index contributed by atoms with van der Waals surface area (Å²) in [5, 5.41) is 0. The average Bonchev–Trinajstić information content (AvgIpc) is 2.37. The summed E-state index contributed by atoms with van der Waals surface area (Å²) in [5.74, 6) is 6.65. The average molecular weight is 262 g/mol. The lowest BCUT2D eigenvalue weighted by Gasteiger charge is -2.18. The van der Waals surface area contributed by atoms with E-state index in [1.54, 1.807) is 0 Å². The van der Waals surface area contributed by atoms with Gasteiger partial charge in [-0.05, 0) is 56.9 Å². The van der Waals surface area contributed by atoms with E-state index < -0.39 is 0 Å². The van der Waals surface area contributed by atoms with Crippen LogP contribution in [0.2, 0.25) is 0 Å². The summed E-state index contributed by atoms with van der Waals surface area (Å²) in [6.45, 7) is 10.5. The number of hydrogen-bond acceptors (Lipinski definition) is 0. The minimum absolute atomic E-state index is 0.168. The number of rotatable bonds is 2. The Labute approximate surface area is 122 Å². The molecule has 0 unspecified atom stereocenters. The molecule has 0 saturated heterocycles. The molecule has 0 spiro atoms. The van der Waals surface area contributed by atoms with Gasteiger partial charge in [0.25, 0.3) is 0 Å². The van der Waals surface area contributed by atoms with Crippen molar-refractivity contribution in [2.75, 3.05) is 0 Å². The zero-order valence-electron chi connectivity index (χ0n) is 13.0. The summed E-state index contributed by atoms with van der Waals surface area (Å²) in [5.41, 5.74) is 7.87. The van der Waals surface area contributed by atoms with Gasteiger partial charge in [0.1, 0.15) is 0 Å². The first-order chi connectivity index (χ1) is 9.52. The van der Waals surface area contributed by atoms with E-state index in [1.807, 2.05) is 6.92 Å². The summed E-state index contributed by atoms with van der Waals surface area (Å²) < 4.78 is 0. The predicted molar refractivity (Wildman–Crippen MR) is 87.1 cm³/mol. The molecule has 0 saturated carbocycles. The first-order valence-corrected chi connectivity index (χ1v) is 7.09. The van der Waals surface area contributed by atoms with Crippen LogP contribution < -0.4 is 0 Å². The fourth-order valence-electron chi connectivity index (χ4n) is 2.77. The van der Waals surface area contributed by atoms with Crippen LogP contribution in [0.15, 0.2) is 36.4 Å². The number of benzene rings is 2. The summed E-state index contributed by atoms with van der Waals surface area (Å²) in [6.07, 6.45) is 0. The molecule has 0 heterocycles. The Kier molecular flexibility index (Phi) is 4.30. The third kappa shape index (κ3) is 2.94. The molecule has 0 amide bonds. The highest BCUT2D eigenvalue weighted by atomic mass is 14.2. The second kappa shape index (κ2) is 5.97. The molecule has 0 N–H and O–H groups in total. The molecular weight excluding hydrogens is 240 g/mol. The topological polar surface area (TPSA) is 0 Å². The van der Waals surface area contributed by atoms with Crippen molar-refractivity contribution < 1.29 is 0 Å². The number of aryl methyl sites for hydroxylation is 4. The predicted octanol–water partition coefficient (Wildman–Crippen LogP) is 5.08. The fraction of sp³-hybridized carbons (Fsp3) is 0.300. The van der Waals surface area contributed by atoms with E-state index in [-0.39, 0.29) is 5.92 Å². The van der Waals surface area contributed by atoms with Crippen LogP contribution in [0.25, 0.3) is 0 Å². The number of hydrogen-bond donors (Lipinski definition) is 0. The van der Waals surface area contributed by atoms with Gasteiger partial charge in [-0.15, -0.1) is 5.92 Å². The van der Waals surface area contributed by atoms with E-state index in [0.717, 1.165) is 0 Å². The van der Waals surface area contributed by atoms with E-state index in [9.17, 15) is 0 Å². The zero-order valence-corrected chi connectivity index (χ0v) is 13.0. The highest BCUT2D eigenvalue weighted by molar-refractivity contribution is 5.48. The molecule has 0 aliphatic rings. The molecule has 0 radical (unpaired) electrons.